The Bertz CT molecular complexity index is 1490. The van der Waals surface area contributed by atoms with Crippen LogP contribution in [0, 0.1) is 19.7 Å². The van der Waals surface area contributed by atoms with E-state index in [9.17, 15) is 9.18 Å². The van der Waals surface area contributed by atoms with Crippen LogP contribution in [0.3, 0.4) is 0 Å². The molecule has 3 aromatic carbocycles. The van der Waals surface area contributed by atoms with Crippen molar-refractivity contribution in [2.24, 2.45) is 0 Å². The van der Waals surface area contributed by atoms with Crippen LogP contribution in [0.1, 0.15) is 21.7 Å². The normalized spacial score (nSPS) is 10.9. The number of benzene rings is 3. The van der Waals surface area contributed by atoms with Gasteiger partial charge in [-0.25, -0.2) is 9.07 Å². The van der Waals surface area contributed by atoms with Gasteiger partial charge in [-0.15, -0.1) is 5.10 Å². The van der Waals surface area contributed by atoms with Gasteiger partial charge in [0.25, 0.3) is 5.91 Å². The van der Waals surface area contributed by atoms with Crippen LogP contribution in [-0.4, -0.2) is 35.9 Å². The third-order valence-electron chi connectivity index (χ3n) is 5.33. The van der Waals surface area contributed by atoms with E-state index in [1.807, 2.05) is 61.5 Å². The van der Waals surface area contributed by atoms with Crippen LogP contribution < -0.4 is 5.32 Å². The van der Waals surface area contributed by atoms with Crippen molar-refractivity contribution in [3.63, 3.8) is 0 Å². The Kier molecular flexibility index (Phi) is 5.43. The summed E-state index contributed by atoms with van der Waals surface area (Å²) in [4.78, 5) is 13.4. The van der Waals surface area contributed by atoms with E-state index in [-0.39, 0.29) is 11.6 Å². The third-order valence-corrected chi connectivity index (χ3v) is 5.33. The highest BCUT2D eigenvalue weighted by Gasteiger charge is 2.20. The Morgan fingerprint density at radius 2 is 1.79 bits per heavy atom. The summed E-state index contributed by atoms with van der Waals surface area (Å²) in [6.07, 6.45) is 1.69. The lowest BCUT2D eigenvalue weighted by atomic mass is 10.1. The Hall–Kier alpha value is -4.66. The van der Waals surface area contributed by atoms with Gasteiger partial charge in [0.2, 0.25) is 0 Å². The van der Waals surface area contributed by atoms with Crippen molar-refractivity contribution in [3.05, 3.63) is 102 Å². The van der Waals surface area contributed by atoms with E-state index >= 15 is 0 Å². The largest absolute Gasteiger partial charge is 0.322 e. The molecule has 0 fully saturated rings. The van der Waals surface area contributed by atoms with Crippen molar-refractivity contribution in [3.8, 4) is 22.6 Å². The minimum absolute atomic E-state index is 0.138. The molecule has 5 aromatic rings. The first-order valence-corrected chi connectivity index (χ1v) is 10.6. The summed E-state index contributed by atoms with van der Waals surface area (Å²) in [7, 11) is 0. The summed E-state index contributed by atoms with van der Waals surface area (Å²) in [5.74, 6) is -0.455. The van der Waals surface area contributed by atoms with Gasteiger partial charge in [0.15, 0.2) is 5.82 Å². The lowest BCUT2D eigenvalue weighted by Gasteiger charge is -2.09. The van der Waals surface area contributed by atoms with Gasteiger partial charge in [-0.05, 0) is 60.7 Å². The van der Waals surface area contributed by atoms with Gasteiger partial charge < -0.3 is 5.32 Å². The molecule has 8 nitrogen and oxygen atoms in total. The standard InChI is InChI=1S/C25H20FN7O/c1-16-7-6-8-18(13-16)24-21(15-32(29-24)20-9-4-3-5-10-20)25(34)27-19-11-12-22(26)23(14-19)33-17(2)28-30-31-33/h3-15H,1-2H3,(H,27,34). The van der Waals surface area contributed by atoms with Crippen molar-refractivity contribution in [1.29, 1.82) is 0 Å². The van der Waals surface area contributed by atoms with E-state index in [4.69, 9.17) is 5.10 Å². The Morgan fingerprint density at radius 1 is 0.971 bits per heavy atom. The van der Waals surface area contributed by atoms with Crippen LogP contribution in [0.4, 0.5) is 10.1 Å². The first-order valence-electron chi connectivity index (χ1n) is 10.6. The number of aryl methyl sites for hydroxylation is 2. The summed E-state index contributed by atoms with van der Waals surface area (Å²) >= 11 is 0. The highest BCUT2D eigenvalue weighted by Crippen LogP contribution is 2.26. The first kappa shape index (κ1) is 21.2. The summed E-state index contributed by atoms with van der Waals surface area (Å²) in [6.45, 7) is 3.65. The second-order valence-corrected chi connectivity index (χ2v) is 7.80. The fraction of sp³-hybridized carbons (Fsp3) is 0.0800. The van der Waals surface area contributed by atoms with E-state index < -0.39 is 5.82 Å². The van der Waals surface area contributed by atoms with Crippen LogP contribution >= 0.6 is 0 Å². The van der Waals surface area contributed by atoms with Crippen molar-refractivity contribution in [2.75, 3.05) is 5.32 Å². The number of carbonyl (C=O) groups is 1. The molecule has 168 valence electrons. The van der Waals surface area contributed by atoms with Crippen molar-refractivity contribution in [1.82, 2.24) is 30.0 Å². The molecule has 0 saturated carbocycles. The Balaban J connectivity index is 1.54. The molecule has 0 bridgehead atoms. The second-order valence-electron chi connectivity index (χ2n) is 7.80. The van der Waals surface area contributed by atoms with Crippen LogP contribution in [0.25, 0.3) is 22.6 Å². The Morgan fingerprint density at radius 3 is 2.53 bits per heavy atom. The van der Waals surface area contributed by atoms with E-state index in [1.54, 1.807) is 17.8 Å². The molecule has 1 amide bonds. The molecule has 0 saturated heterocycles. The minimum atomic E-state index is -0.509. The molecule has 0 atom stereocenters. The molecular formula is C25H20FN7O. The number of rotatable bonds is 5. The summed E-state index contributed by atoms with van der Waals surface area (Å²) in [5, 5.41) is 18.7. The zero-order valence-electron chi connectivity index (χ0n) is 18.5. The first-order chi connectivity index (χ1) is 16.5. The van der Waals surface area contributed by atoms with Crippen LogP contribution in [-0.2, 0) is 0 Å². The predicted molar refractivity (Wildman–Crippen MR) is 126 cm³/mol. The Labute approximate surface area is 194 Å². The molecule has 0 aliphatic heterocycles. The molecule has 5 rings (SSSR count). The van der Waals surface area contributed by atoms with Crippen molar-refractivity contribution < 1.29 is 9.18 Å². The van der Waals surface area contributed by atoms with Gasteiger partial charge in [-0.3, -0.25) is 4.79 Å². The van der Waals surface area contributed by atoms with E-state index in [0.717, 1.165) is 16.8 Å². The maximum absolute atomic E-state index is 14.4. The molecular weight excluding hydrogens is 433 g/mol. The van der Waals surface area contributed by atoms with Gasteiger partial charge in [-0.2, -0.15) is 9.78 Å². The lowest BCUT2D eigenvalue weighted by Crippen LogP contribution is -2.13. The van der Waals surface area contributed by atoms with Crippen LogP contribution in [0.5, 0.6) is 0 Å². The zero-order valence-corrected chi connectivity index (χ0v) is 18.5. The number of nitrogens with one attached hydrogen (secondary N) is 1. The van der Waals surface area contributed by atoms with E-state index in [0.29, 0.717) is 22.8 Å². The molecule has 1 N–H and O–H groups in total. The topological polar surface area (TPSA) is 90.5 Å². The lowest BCUT2D eigenvalue weighted by molar-refractivity contribution is 0.102. The highest BCUT2D eigenvalue weighted by molar-refractivity contribution is 6.08. The average Bonchev–Trinajstić information content (AvgIpc) is 3.48. The van der Waals surface area contributed by atoms with Gasteiger partial charge in [0.05, 0.1) is 11.3 Å². The summed E-state index contributed by atoms with van der Waals surface area (Å²) in [6, 6.07) is 21.6. The molecule has 0 spiro atoms. The highest BCUT2D eigenvalue weighted by atomic mass is 19.1. The molecule has 0 aliphatic rings. The van der Waals surface area contributed by atoms with E-state index in [2.05, 4.69) is 20.8 Å². The monoisotopic (exact) mass is 453 g/mol. The number of tetrazole rings is 1. The smallest absolute Gasteiger partial charge is 0.259 e. The molecule has 0 unspecified atom stereocenters. The fourth-order valence-electron chi connectivity index (χ4n) is 3.66. The second kappa shape index (κ2) is 8.70. The molecule has 9 heteroatoms. The van der Waals surface area contributed by atoms with Gasteiger partial charge in [0.1, 0.15) is 17.2 Å². The number of para-hydroxylation sites is 1. The van der Waals surface area contributed by atoms with E-state index in [1.165, 1.54) is 22.9 Å². The van der Waals surface area contributed by atoms with Gasteiger partial charge >= 0.3 is 0 Å². The number of halogens is 1. The molecule has 0 aliphatic carbocycles. The number of aromatic nitrogens is 6. The maximum atomic E-state index is 14.4. The minimum Gasteiger partial charge on any atom is -0.322 e. The number of amides is 1. The quantitative estimate of drug-likeness (QED) is 0.422. The average molecular weight is 453 g/mol. The number of anilines is 1. The summed E-state index contributed by atoms with van der Waals surface area (Å²) in [5.41, 5.74) is 4.18. The molecule has 2 aromatic heterocycles. The third kappa shape index (κ3) is 4.06. The zero-order chi connectivity index (χ0) is 23.7. The number of hydrogen-bond acceptors (Lipinski definition) is 5. The predicted octanol–water partition coefficient (Wildman–Crippen LogP) is 4.52. The fourth-order valence-corrected chi connectivity index (χ4v) is 3.66. The van der Waals surface area contributed by atoms with Crippen molar-refractivity contribution in [2.45, 2.75) is 13.8 Å². The van der Waals surface area contributed by atoms with Crippen molar-refractivity contribution >= 4 is 11.6 Å². The van der Waals surface area contributed by atoms with Gasteiger partial charge in [-0.1, -0.05) is 42.0 Å². The SMILES string of the molecule is Cc1cccc(-c2nn(-c3ccccc3)cc2C(=O)Nc2ccc(F)c(-n3nnnc3C)c2)c1. The number of hydrogen-bond donors (Lipinski definition) is 1. The molecule has 34 heavy (non-hydrogen) atoms. The number of carbonyl (C=O) groups excluding carboxylic acids is 1. The molecule has 2 heterocycles. The van der Waals surface area contributed by atoms with Gasteiger partial charge in [0, 0.05) is 17.4 Å². The molecule has 0 radical (unpaired) electrons. The maximum Gasteiger partial charge on any atom is 0.259 e. The number of nitrogens with zero attached hydrogens (tertiary/aromatic N) is 6. The summed E-state index contributed by atoms with van der Waals surface area (Å²) < 4.78 is 17.4. The van der Waals surface area contributed by atoms with Crippen LogP contribution in [0.15, 0.2) is 79.0 Å². The van der Waals surface area contributed by atoms with Crippen LogP contribution in [0.2, 0.25) is 0 Å².